The van der Waals surface area contributed by atoms with Crippen molar-refractivity contribution in [3.63, 3.8) is 0 Å². The van der Waals surface area contributed by atoms with Crippen molar-refractivity contribution in [2.75, 3.05) is 6.54 Å². The van der Waals surface area contributed by atoms with E-state index >= 15 is 0 Å². The summed E-state index contributed by atoms with van der Waals surface area (Å²) in [6.45, 7) is 9.37. The van der Waals surface area contributed by atoms with Crippen LogP contribution in [0.2, 0.25) is 0 Å². The monoisotopic (exact) mass is 587 g/mol. The molecule has 5 aromatic carbocycles. The maximum atomic E-state index is 4.64. The molecule has 8 aromatic rings. The molecular weight excluding hydrogens is 550 g/mol. The van der Waals surface area contributed by atoms with Crippen molar-refractivity contribution >= 4 is 60.5 Å². The molecule has 5 heteroatoms. The van der Waals surface area contributed by atoms with Crippen LogP contribution in [0.3, 0.4) is 0 Å². The van der Waals surface area contributed by atoms with Crippen LogP contribution < -0.4 is 10.6 Å². The largest absolute Gasteiger partial charge is 0.348 e. The molecule has 0 radical (unpaired) electrons. The molecule has 0 aliphatic carbocycles. The molecule has 1 aliphatic rings. The molecule has 0 bridgehead atoms. The van der Waals surface area contributed by atoms with Gasteiger partial charge >= 0.3 is 0 Å². The van der Waals surface area contributed by atoms with Crippen LogP contribution in [0.4, 0.5) is 0 Å². The van der Waals surface area contributed by atoms with Crippen molar-refractivity contribution in [2.24, 2.45) is 12.0 Å². The van der Waals surface area contributed by atoms with Crippen LogP contribution in [0.25, 0.3) is 60.5 Å². The van der Waals surface area contributed by atoms with Gasteiger partial charge in [-0.3, -0.25) is 9.98 Å². The molecule has 0 saturated heterocycles. The predicted octanol–water partition coefficient (Wildman–Crippen LogP) is 8.32. The Morgan fingerprint density at radius 2 is 1.36 bits per heavy atom. The summed E-state index contributed by atoms with van der Waals surface area (Å²) >= 11 is 0. The number of aromatic nitrogens is 4. The molecule has 1 N–H and O–H groups in total. The number of benzene rings is 5. The van der Waals surface area contributed by atoms with E-state index in [2.05, 4.69) is 143 Å². The number of imidazole rings is 1. The van der Waals surface area contributed by atoms with Crippen LogP contribution in [0, 0.1) is 27.7 Å². The highest BCUT2D eigenvalue weighted by Gasteiger charge is 2.11. The number of rotatable bonds is 0. The van der Waals surface area contributed by atoms with Gasteiger partial charge in [0.1, 0.15) is 5.82 Å². The number of H-pyrrole nitrogens is 1. The highest BCUT2D eigenvalue weighted by Crippen LogP contribution is 2.33. The molecule has 0 amide bonds. The lowest BCUT2D eigenvalue weighted by Crippen LogP contribution is -2.32. The summed E-state index contributed by atoms with van der Waals surface area (Å²) in [5.41, 5.74) is 8.56. The van der Waals surface area contributed by atoms with Crippen molar-refractivity contribution in [3.8, 4) is 0 Å². The molecule has 0 fully saturated rings. The van der Waals surface area contributed by atoms with Crippen molar-refractivity contribution in [2.45, 2.75) is 34.1 Å². The second kappa shape index (κ2) is 11.7. The van der Waals surface area contributed by atoms with Gasteiger partial charge in [-0.15, -0.1) is 0 Å². The van der Waals surface area contributed by atoms with Crippen LogP contribution in [0.15, 0.2) is 102 Å². The first kappa shape index (κ1) is 28.5. The molecule has 1 aliphatic heterocycles. The topological polar surface area (TPSA) is 58.9 Å². The number of para-hydroxylation sites is 1. The molecule has 0 atom stereocenters. The first-order valence-electron chi connectivity index (χ1n) is 15.6. The third-order valence-corrected chi connectivity index (χ3v) is 9.09. The molecule has 0 unspecified atom stereocenters. The van der Waals surface area contributed by atoms with Gasteiger partial charge in [0.15, 0.2) is 0 Å². The third kappa shape index (κ3) is 5.04. The van der Waals surface area contributed by atoms with Gasteiger partial charge in [0.25, 0.3) is 0 Å². The summed E-state index contributed by atoms with van der Waals surface area (Å²) in [5, 5.41) is 9.95. The fraction of sp³-hybridized carbons (Fsp3) is 0.175. The standard InChI is InChI=1S/C16H12N2.C14H14N2.C10H11N/c1-10-17-15-13-8-4-2-6-11(13)12-7-3-5-9-14(12)16(15)18-10;1-9-10(2)12-6-4-8-16-14(12)13-11(9)5-3-7-15-13;1-8-7-9-5-3-4-6-10(9)11(8)2/h2-9H,1H3,(H,17,18);3,5-7H,4,8H2,1-2H3;3-7H,1-2H3. The van der Waals surface area contributed by atoms with Gasteiger partial charge in [-0.05, 0) is 79.6 Å². The Kier molecular flexibility index (Phi) is 7.38. The number of hydrogen-bond donors (Lipinski definition) is 1. The fourth-order valence-corrected chi connectivity index (χ4v) is 6.57. The van der Waals surface area contributed by atoms with E-state index in [1.165, 1.54) is 59.9 Å². The van der Waals surface area contributed by atoms with Gasteiger partial charge in [-0.1, -0.05) is 78.9 Å². The summed E-state index contributed by atoms with van der Waals surface area (Å²) in [5.74, 6) is 0.964. The predicted molar refractivity (Wildman–Crippen MR) is 189 cm³/mol. The first-order chi connectivity index (χ1) is 21.9. The van der Waals surface area contributed by atoms with E-state index in [9.17, 15) is 0 Å². The molecule has 222 valence electrons. The number of hydrogen-bond acceptors (Lipinski definition) is 3. The van der Waals surface area contributed by atoms with Crippen LogP contribution >= 0.6 is 0 Å². The zero-order chi connectivity index (χ0) is 31.1. The van der Waals surface area contributed by atoms with Gasteiger partial charge in [0.05, 0.1) is 21.9 Å². The van der Waals surface area contributed by atoms with Gasteiger partial charge < -0.3 is 9.55 Å². The Hall–Kier alpha value is -5.29. The van der Waals surface area contributed by atoms with Crippen molar-refractivity contribution in [3.05, 3.63) is 130 Å². The van der Waals surface area contributed by atoms with Crippen LogP contribution in [0.1, 0.15) is 29.1 Å². The number of aryl methyl sites for hydroxylation is 4. The third-order valence-electron chi connectivity index (χ3n) is 9.09. The second-order valence-corrected chi connectivity index (χ2v) is 11.8. The zero-order valence-corrected chi connectivity index (χ0v) is 26.5. The molecule has 0 saturated carbocycles. The van der Waals surface area contributed by atoms with E-state index in [-0.39, 0.29) is 0 Å². The van der Waals surface area contributed by atoms with Crippen molar-refractivity contribution in [1.29, 1.82) is 0 Å². The second-order valence-electron chi connectivity index (χ2n) is 11.8. The van der Waals surface area contributed by atoms with E-state index in [1.807, 2.05) is 19.2 Å². The van der Waals surface area contributed by atoms with Crippen molar-refractivity contribution < 1.29 is 0 Å². The minimum Gasteiger partial charge on any atom is -0.348 e. The van der Waals surface area contributed by atoms with E-state index < -0.39 is 0 Å². The Labute approximate surface area is 262 Å². The number of nitrogens with zero attached hydrogens (tertiary/aromatic N) is 4. The number of pyridine rings is 1. The molecule has 45 heavy (non-hydrogen) atoms. The summed E-state index contributed by atoms with van der Waals surface area (Å²) in [7, 11) is 2.09. The summed E-state index contributed by atoms with van der Waals surface area (Å²) in [6.07, 6.45) is 5.19. The lowest BCUT2D eigenvalue weighted by molar-refractivity contribution is 0.918. The summed E-state index contributed by atoms with van der Waals surface area (Å²) < 4.78 is 2.20. The van der Waals surface area contributed by atoms with Gasteiger partial charge in [0, 0.05) is 52.4 Å². The van der Waals surface area contributed by atoms with Crippen LogP contribution in [-0.4, -0.2) is 26.1 Å². The van der Waals surface area contributed by atoms with E-state index in [4.69, 9.17) is 0 Å². The minimum absolute atomic E-state index is 0.890. The normalized spacial score (nSPS) is 12.3. The Morgan fingerprint density at radius 1 is 0.689 bits per heavy atom. The average Bonchev–Trinajstić information content (AvgIpc) is 3.63. The fourth-order valence-electron chi connectivity index (χ4n) is 6.57. The number of nitrogens with one attached hydrogen (secondary N) is 1. The lowest BCUT2D eigenvalue weighted by Gasteiger charge is -2.10. The Bertz CT molecular complexity index is 2420. The highest BCUT2D eigenvalue weighted by atomic mass is 14.9. The molecule has 0 spiro atoms. The lowest BCUT2D eigenvalue weighted by atomic mass is 9.99. The molecule has 3 aromatic heterocycles. The molecular formula is C40H37N5. The first-order valence-corrected chi connectivity index (χ1v) is 15.6. The summed E-state index contributed by atoms with van der Waals surface area (Å²) in [6, 6.07) is 31.7. The average molecular weight is 588 g/mol. The van der Waals surface area contributed by atoms with Gasteiger partial charge in [-0.25, -0.2) is 4.98 Å². The number of aromatic amines is 1. The Balaban J connectivity index is 0.000000112. The van der Waals surface area contributed by atoms with Crippen LogP contribution in [-0.2, 0) is 7.05 Å². The molecule has 4 heterocycles. The molecule has 5 nitrogen and oxygen atoms in total. The van der Waals surface area contributed by atoms with E-state index in [0.29, 0.717) is 0 Å². The maximum Gasteiger partial charge on any atom is 0.104 e. The number of fused-ring (bicyclic) bond motifs is 10. The Morgan fingerprint density at radius 3 is 2.13 bits per heavy atom. The van der Waals surface area contributed by atoms with Crippen LogP contribution in [0.5, 0.6) is 0 Å². The van der Waals surface area contributed by atoms with E-state index in [1.54, 1.807) is 0 Å². The zero-order valence-electron chi connectivity index (χ0n) is 26.5. The highest BCUT2D eigenvalue weighted by molar-refractivity contribution is 6.23. The summed E-state index contributed by atoms with van der Waals surface area (Å²) in [4.78, 5) is 17.1. The maximum absolute atomic E-state index is 4.64. The van der Waals surface area contributed by atoms with E-state index in [0.717, 1.165) is 40.7 Å². The quantitative estimate of drug-likeness (QED) is 0.181. The van der Waals surface area contributed by atoms with Gasteiger partial charge in [0.2, 0.25) is 0 Å². The van der Waals surface area contributed by atoms with Gasteiger partial charge in [-0.2, -0.15) is 0 Å². The smallest absolute Gasteiger partial charge is 0.104 e. The van der Waals surface area contributed by atoms with Crippen molar-refractivity contribution in [1.82, 2.24) is 19.5 Å². The SMILES string of the molecule is Cc1c(C)c2cccnc2c2c1=CCCN=2.Cc1cc2ccccc2n1C.Cc1nc2c3ccccc3c3ccccc3c2[nH]1. The minimum atomic E-state index is 0.890. The molecule has 9 rings (SSSR count).